The van der Waals surface area contributed by atoms with Gasteiger partial charge in [0, 0.05) is 6.08 Å². The van der Waals surface area contributed by atoms with Crippen molar-refractivity contribution in [3.8, 4) is 0 Å². The number of alkyl halides is 3. The largest absolute Gasteiger partial charge is 0.481 e. The van der Waals surface area contributed by atoms with Gasteiger partial charge in [0.15, 0.2) is 6.61 Å². The van der Waals surface area contributed by atoms with Crippen molar-refractivity contribution in [1.82, 2.24) is 0 Å². The van der Waals surface area contributed by atoms with E-state index in [1.807, 2.05) is 0 Å². The first-order valence-corrected chi connectivity index (χ1v) is 5.20. The molecule has 7 heteroatoms. The fourth-order valence-electron chi connectivity index (χ4n) is 1.89. The number of hydrogen-bond acceptors (Lipinski definition) is 3. The Morgan fingerprint density at radius 2 is 1.94 bits per heavy atom. The minimum absolute atomic E-state index is 0.367. The average molecular weight is 266 g/mol. The van der Waals surface area contributed by atoms with Crippen LogP contribution in [0.4, 0.5) is 13.2 Å². The molecule has 0 aromatic carbocycles. The number of aliphatic carboxylic acids is 1. The van der Waals surface area contributed by atoms with Gasteiger partial charge in [-0.1, -0.05) is 19.9 Å². The zero-order valence-corrected chi connectivity index (χ0v) is 9.82. The van der Waals surface area contributed by atoms with E-state index in [9.17, 15) is 22.8 Å². The quantitative estimate of drug-likeness (QED) is 0.624. The summed E-state index contributed by atoms with van der Waals surface area (Å²) in [6.45, 7) is 1.77. The molecule has 1 N–H and O–H groups in total. The van der Waals surface area contributed by atoms with E-state index in [1.165, 1.54) is 6.08 Å². The fourth-order valence-corrected chi connectivity index (χ4v) is 1.89. The van der Waals surface area contributed by atoms with Crippen LogP contribution in [-0.4, -0.2) is 29.8 Å². The van der Waals surface area contributed by atoms with Gasteiger partial charge in [0.1, 0.15) is 0 Å². The third kappa shape index (κ3) is 3.48. The summed E-state index contributed by atoms with van der Waals surface area (Å²) in [5.41, 5.74) is -0.493. The molecule has 18 heavy (non-hydrogen) atoms. The predicted molar refractivity (Wildman–Crippen MR) is 54.6 cm³/mol. The monoisotopic (exact) mass is 266 g/mol. The highest BCUT2D eigenvalue weighted by molar-refractivity contribution is 5.83. The number of esters is 1. The zero-order valence-electron chi connectivity index (χ0n) is 9.82. The van der Waals surface area contributed by atoms with E-state index in [0.717, 1.165) is 6.08 Å². The number of hydrogen-bond donors (Lipinski definition) is 1. The van der Waals surface area contributed by atoms with Crippen molar-refractivity contribution in [2.45, 2.75) is 20.0 Å². The van der Waals surface area contributed by atoms with Crippen LogP contribution in [-0.2, 0) is 14.3 Å². The van der Waals surface area contributed by atoms with Gasteiger partial charge >= 0.3 is 18.1 Å². The molecule has 0 radical (unpaired) electrons. The second kappa shape index (κ2) is 4.62. The number of carboxylic acids is 1. The number of carboxylic acid groups (broad SMARTS) is 1. The molecule has 102 valence electrons. The smallest absolute Gasteiger partial charge is 0.422 e. The van der Waals surface area contributed by atoms with Gasteiger partial charge in [-0.05, 0) is 11.3 Å². The number of allylic oxidation sites excluding steroid dienone is 1. The zero-order chi connectivity index (χ0) is 14.1. The lowest BCUT2D eigenvalue weighted by molar-refractivity contribution is -0.182. The summed E-state index contributed by atoms with van der Waals surface area (Å²) in [6.07, 6.45) is -2.43. The molecule has 4 nitrogen and oxygen atoms in total. The molecule has 2 atom stereocenters. The molecule has 0 aromatic rings. The Bertz CT molecular complexity index is 384. The summed E-state index contributed by atoms with van der Waals surface area (Å²) in [7, 11) is 0. The summed E-state index contributed by atoms with van der Waals surface area (Å²) >= 11 is 0. The second-order valence-electron chi connectivity index (χ2n) is 4.75. The van der Waals surface area contributed by atoms with Gasteiger partial charge in [-0.2, -0.15) is 13.2 Å². The molecule has 0 aliphatic heterocycles. The number of rotatable bonds is 4. The Labute approximate surface area is 101 Å². The van der Waals surface area contributed by atoms with E-state index in [0.29, 0.717) is 0 Å². The minimum atomic E-state index is -4.56. The van der Waals surface area contributed by atoms with Crippen LogP contribution >= 0.6 is 0 Å². The van der Waals surface area contributed by atoms with Crippen LogP contribution in [0.3, 0.4) is 0 Å². The van der Waals surface area contributed by atoms with E-state index >= 15 is 0 Å². The van der Waals surface area contributed by atoms with Gasteiger partial charge in [-0.15, -0.1) is 0 Å². The van der Waals surface area contributed by atoms with Crippen LogP contribution in [0.25, 0.3) is 0 Å². The van der Waals surface area contributed by atoms with Crippen molar-refractivity contribution in [2.75, 3.05) is 6.61 Å². The van der Waals surface area contributed by atoms with Gasteiger partial charge in [0.25, 0.3) is 0 Å². The number of carbonyl (C=O) groups is 2. The van der Waals surface area contributed by atoms with Crippen molar-refractivity contribution < 1.29 is 32.6 Å². The molecule has 0 bridgehead atoms. The SMILES string of the molecule is CC1(C)C(/C=C/C(=O)OCC(F)(F)F)C1C(=O)O. The summed E-state index contributed by atoms with van der Waals surface area (Å²) in [4.78, 5) is 21.7. The molecule has 0 spiro atoms. The Morgan fingerprint density at radius 3 is 2.33 bits per heavy atom. The highest BCUT2D eigenvalue weighted by Gasteiger charge is 2.60. The molecular weight excluding hydrogens is 253 g/mol. The van der Waals surface area contributed by atoms with Gasteiger partial charge in [-0.3, -0.25) is 4.79 Å². The topological polar surface area (TPSA) is 63.6 Å². The molecule has 0 saturated heterocycles. The molecule has 0 heterocycles. The van der Waals surface area contributed by atoms with Crippen LogP contribution in [0.5, 0.6) is 0 Å². The standard InChI is InChI=1S/C11H13F3O4/c1-10(2)6(8(10)9(16)17)3-4-7(15)18-5-11(12,13)14/h3-4,6,8H,5H2,1-2H3,(H,16,17)/b4-3+. The molecule has 1 aliphatic carbocycles. The maximum Gasteiger partial charge on any atom is 0.422 e. The van der Waals surface area contributed by atoms with Gasteiger partial charge in [-0.25, -0.2) is 4.79 Å². The van der Waals surface area contributed by atoms with E-state index < -0.39 is 36.1 Å². The minimum Gasteiger partial charge on any atom is -0.481 e. The molecule has 0 aromatic heterocycles. The van der Waals surface area contributed by atoms with E-state index in [-0.39, 0.29) is 5.92 Å². The molecule has 1 aliphatic rings. The van der Waals surface area contributed by atoms with Crippen LogP contribution in [0.2, 0.25) is 0 Å². The van der Waals surface area contributed by atoms with Crippen LogP contribution < -0.4 is 0 Å². The van der Waals surface area contributed by atoms with Gasteiger partial charge < -0.3 is 9.84 Å². The Balaban J connectivity index is 2.47. The lowest BCUT2D eigenvalue weighted by Gasteiger charge is -2.05. The molecule has 1 fully saturated rings. The van der Waals surface area contributed by atoms with Crippen LogP contribution in [0.1, 0.15) is 13.8 Å². The van der Waals surface area contributed by atoms with Crippen LogP contribution in [0, 0.1) is 17.3 Å². The highest BCUT2D eigenvalue weighted by atomic mass is 19.4. The third-order valence-electron chi connectivity index (χ3n) is 2.99. The molecule has 1 saturated carbocycles. The Hall–Kier alpha value is -1.53. The van der Waals surface area contributed by atoms with Crippen molar-refractivity contribution in [2.24, 2.45) is 17.3 Å². The van der Waals surface area contributed by atoms with E-state index in [4.69, 9.17) is 5.11 Å². The van der Waals surface area contributed by atoms with E-state index in [1.54, 1.807) is 13.8 Å². The highest BCUT2D eigenvalue weighted by Crippen LogP contribution is 2.58. The normalized spacial score (nSPS) is 26.1. The van der Waals surface area contributed by atoms with Crippen molar-refractivity contribution in [1.29, 1.82) is 0 Å². The van der Waals surface area contributed by atoms with Crippen molar-refractivity contribution in [3.63, 3.8) is 0 Å². The summed E-state index contributed by atoms with van der Waals surface area (Å²) in [6, 6.07) is 0. The Morgan fingerprint density at radius 1 is 1.39 bits per heavy atom. The number of halogens is 3. The molecular formula is C11H13F3O4. The molecule has 2 unspecified atom stereocenters. The Kier molecular flexibility index (Phi) is 3.73. The van der Waals surface area contributed by atoms with Crippen molar-refractivity contribution >= 4 is 11.9 Å². The maximum absolute atomic E-state index is 11.7. The number of carbonyl (C=O) groups excluding carboxylic acids is 1. The summed E-state index contributed by atoms with van der Waals surface area (Å²) in [5.74, 6) is -3.10. The first-order valence-electron chi connectivity index (χ1n) is 5.20. The predicted octanol–water partition coefficient (Wildman–Crippen LogP) is 2.00. The second-order valence-corrected chi connectivity index (χ2v) is 4.75. The van der Waals surface area contributed by atoms with Gasteiger partial charge in [0.05, 0.1) is 5.92 Å². The first-order chi connectivity index (χ1) is 8.05. The fraction of sp³-hybridized carbons (Fsp3) is 0.636. The summed E-state index contributed by atoms with van der Waals surface area (Å²) in [5, 5.41) is 8.84. The third-order valence-corrected chi connectivity index (χ3v) is 2.99. The average Bonchev–Trinajstić information content (AvgIpc) is 2.73. The van der Waals surface area contributed by atoms with E-state index in [2.05, 4.69) is 4.74 Å². The van der Waals surface area contributed by atoms with Gasteiger partial charge in [0.2, 0.25) is 0 Å². The lowest BCUT2D eigenvalue weighted by atomic mass is 10.1. The molecule has 0 amide bonds. The lowest BCUT2D eigenvalue weighted by Crippen LogP contribution is -2.19. The van der Waals surface area contributed by atoms with Crippen LogP contribution in [0.15, 0.2) is 12.2 Å². The van der Waals surface area contributed by atoms with Crippen molar-refractivity contribution in [3.05, 3.63) is 12.2 Å². The first kappa shape index (κ1) is 14.5. The molecule has 1 rings (SSSR count). The number of ether oxygens (including phenoxy) is 1. The summed E-state index contributed by atoms with van der Waals surface area (Å²) < 4.78 is 39.2. The maximum atomic E-state index is 11.7.